The van der Waals surface area contributed by atoms with Gasteiger partial charge in [-0.05, 0) is 25.7 Å². The maximum Gasteiger partial charge on any atom is 0.472 e. The molecule has 0 heterocycles. The van der Waals surface area contributed by atoms with Gasteiger partial charge in [-0.3, -0.25) is 13.8 Å². The van der Waals surface area contributed by atoms with E-state index in [1.54, 1.807) is 13.0 Å². The van der Waals surface area contributed by atoms with Crippen molar-refractivity contribution in [3.05, 3.63) is 24.3 Å². The number of allylic oxidation sites excluding steroid dienone is 3. The van der Waals surface area contributed by atoms with Gasteiger partial charge >= 0.3 is 7.82 Å². The summed E-state index contributed by atoms with van der Waals surface area (Å²) in [7, 11) is 1.54. The van der Waals surface area contributed by atoms with Crippen molar-refractivity contribution in [2.75, 3.05) is 40.9 Å². The van der Waals surface area contributed by atoms with Crippen LogP contribution in [-0.4, -0.2) is 73.4 Å². The molecule has 0 aromatic carbocycles. The number of hydrogen-bond acceptors (Lipinski definition) is 5. The standard InChI is InChI=1S/C32H63N2O6P/c1-6-8-9-10-11-12-13-14-15-16-17-18-19-20-21-22-23-24-25-26-31(35)30(33-32(36)7-2)29-40-41(37,38)39-28-27-34(3,4)5/h21-22,25-26,30-31,35H,6-20,23-24,27-29H2,1-5H3,(H-,33,36,37,38)/p+1/b22-21+,26-25+. The van der Waals surface area contributed by atoms with Crippen molar-refractivity contribution in [2.45, 2.75) is 135 Å². The molecule has 0 fully saturated rings. The number of nitrogens with one attached hydrogen (secondary N) is 1. The molecule has 242 valence electrons. The van der Waals surface area contributed by atoms with E-state index >= 15 is 0 Å². The van der Waals surface area contributed by atoms with Gasteiger partial charge in [0.2, 0.25) is 5.91 Å². The van der Waals surface area contributed by atoms with Crippen molar-refractivity contribution in [2.24, 2.45) is 0 Å². The average molecular weight is 604 g/mol. The van der Waals surface area contributed by atoms with Crippen molar-refractivity contribution in [1.82, 2.24) is 5.32 Å². The average Bonchev–Trinajstić information content (AvgIpc) is 2.91. The molecule has 1 amide bonds. The zero-order valence-corrected chi connectivity index (χ0v) is 27.9. The fourth-order valence-corrected chi connectivity index (χ4v) is 4.99. The highest BCUT2D eigenvalue weighted by molar-refractivity contribution is 7.47. The molecule has 0 aromatic rings. The molecule has 9 heteroatoms. The summed E-state index contributed by atoms with van der Waals surface area (Å²) in [6.45, 7) is 4.21. The molecule has 3 N–H and O–H groups in total. The second-order valence-corrected chi connectivity index (χ2v) is 13.6. The van der Waals surface area contributed by atoms with Crippen LogP contribution in [0.3, 0.4) is 0 Å². The zero-order chi connectivity index (χ0) is 30.8. The Balaban J connectivity index is 4.09. The predicted octanol–water partition coefficient (Wildman–Crippen LogP) is 7.46. The van der Waals surface area contributed by atoms with Gasteiger partial charge in [0.25, 0.3) is 0 Å². The summed E-state index contributed by atoms with van der Waals surface area (Å²) >= 11 is 0. The third-order valence-corrected chi connectivity index (χ3v) is 7.97. The molecule has 0 aliphatic carbocycles. The van der Waals surface area contributed by atoms with Crippen LogP contribution < -0.4 is 5.32 Å². The third-order valence-electron chi connectivity index (χ3n) is 6.99. The fourth-order valence-electron chi connectivity index (χ4n) is 4.25. The molecule has 0 aliphatic heterocycles. The summed E-state index contributed by atoms with van der Waals surface area (Å²) in [4.78, 5) is 21.9. The van der Waals surface area contributed by atoms with Crippen LogP contribution in [0.25, 0.3) is 0 Å². The van der Waals surface area contributed by atoms with E-state index in [0.717, 1.165) is 19.3 Å². The van der Waals surface area contributed by atoms with E-state index in [-0.39, 0.29) is 25.5 Å². The van der Waals surface area contributed by atoms with Crippen molar-refractivity contribution in [1.29, 1.82) is 0 Å². The van der Waals surface area contributed by atoms with Gasteiger partial charge in [0.1, 0.15) is 13.2 Å². The van der Waals surface area contributed by atoms with Crippen LogP contribution in [0.4, 0.5) is 0 Å². The van der Waals surface area contributed by atoms with Crippen LogP contribution in [-0.2, 0) is 18.4 Å². The van der Waals surface area contributed by atoms with E-state index in [2.05, 4.69) is 24.4 Å². The lowest BCUT2D eigenvalue weighted by Crippen LogP contribution is -2.45. The number of amides is 1. The number of hydrogen-bond donors (Lipinski definition) is 3. The lowest BCUT2D eigenvalue weighted by Gasteiger charge is -2.25. The quantitative estimate of drug-likeness (QED) is 0.0371. The number of carbonyl (C=O) groups is 1. The number of carbonyl (C=O) groups excluding carboxylic acids is 1. The number of likely N-dealkylation sites (N-methyl/N-ethyl adjacent to an activating group) is 1. The lowest BCUT2D eigenvalue weighted by atomic mass is 10.0. The van der Waals surface area contributed by atoms with E-state index in [9.17, 15) is 19.4 Å². The minimum absolute atomic E-state index is 0.0542. The van der Waals surface area contributed by atoms with Gasteiger partial charge in [0, 0.05) is 6.42 Å². The summed E-state index contributed by atoms with van der Waals surface area (Å²) in [6.07, 6.45) is 27.5. The van der Waals surface area contributed by atoms with Crippen LogP contribution in [0.5, 0.6) is 0 Å². The lowest BCUT2D eigenvalue weighted by molar-refractivity contribution is -0.870. The van der Waals surface area contributed by atoms with Gasteiger partial charge in [-0.1, -0.05) is 115 Å². The third kappa shape index (κ3) is 27.6. The van der Waals surface area contributed by atoms with E-state index in [4.69, 9.17) is 9.05 Å². The Hall–Kier alpha value is -1.02. The minimum atomic E-state index is -4.30. The Labute approximate surface area is 252 Å². The van der Waals surface area contributed by atoms with Crippen molar-refractivity contribution in [3.63, 3.8) is 0 Å². The summed E-state index contributed by atoms with van der Waals surface area (Å²) in [5.41, 5.74) is 0. The first-order valence-corrected chi connectivity index (χ1v) is 17.7. The second kappa shape index (κ2) is 25.5. The number of aliphatic hydroxyl groups is 1. The van der Waals surface area contributed by atoms with Gasteiger partial charge in [-0.25, -0.2) is 4.57 Å². The summed E-state index contributed by atoms with van der Waals surface area (Å²) in [5, 5.41) is 13.2. The van der Waals surface area contributed by atoms with Crippen molar-refractivity contribution < 1.29 is 32.9 Å². The van der Waals surface area contributed by atoms with E-state index < -0.39 is 20.0 Å². The van der Waals surface area contributed by atoms with Gasteiger partial charge < -0.3 is 19.8 Å². The van der Waals surface area contributed by atoms with Crippen LogP contribution in [0, 0.1) is 0 Å². The molecule has 0 rings (SSSR count). The molecule has 8 nitrogen and oxygen atoms in total. The molecule has 41 heavy (non-hydrogen) atoms. The number of phosphoric acid groups is 1. The Bertz CT molecular complexity index is 738. The summed E-state index contributed by atoms with van der Waals surface area (Å²) in [5.74, 6) is -0.277. The van der Waals surface area contributed by atoms with Crippen LogP contribution >= 0.6 is 7.82 Å². The number of phosphoric ester groups is 1. The molecule has 3 unspecified atom stereocenters. The molecule has 0 bridgehead atoms. The Morgan fingerprint density at radius 3 is 1.85 bits per heavy atom. The second-order valence-electron chi connectivity index (χ2n) is 12.1. The summed E-state index contributed by atoms with van der Waals surface area (Å²) < 4.78 is 22.9. The first-order valence-electron chi connectivity index (χ1n) is 16.2. The van der Waals surface area contributed by atoms with E-state index in [0.29, 0.717) is 11.0 Å². The smallest absolute Gasteiger partial charge is 0.387 e. The number of quaternary nitrogens is 1. The first kappa shape index (κ1) is 40.0. The molecule has 0 aliphatic rings. The van der Waals surface area contributed by atoms with Crippen LogP contribution in [0.2, 0.25) is 0 Å². The van der Waals surface area contributed by atoms with Gasteiger partial charge in [0.05, 0.1) is 39.9 Å². The monoisotopic (exact) mass is 603 g/mol. The van der Waals surface area contributed by atoms with Gasteiger partial charge in [-0.2, -0.15) is 0 Å². The largest absolute Gasteiger partial charge is 0.472 e. The molecule has 0 spiro atoms. The van der Waals surface area contributed by atoms with Crippen molar-refractivity contribution in [3.8, 4) is 0 Å². The Kier molecular flexibility index (Phi) is 24.8. The molecular weight excluding hydrogens is 539 g/mol. The first-order chi connectivity index (χ1) is 19.5. The summed E-state index contributed by atoms with van der Waals surface area (Å²) in [6, 6.07) is -0.854. The number of nitrogens with zero attached hydrogens (tertiary/aromatic N) is 1. The molecule has 0 aromatic heterocycles. The number of unbranched alkanes of at least 4 members (excludes halogenated alkanes) is 14. The van der Waals surface area contributed by atoms with Gasteiger partial charge in [0.15, 0.2) is 0 Å². The molecule has 0 radical (unpaired) electrons. The molecular formula is C32H64N2O6P+. The zero-order valence-electron chi connectivity index (χ0n) is 27.0. The molecule has 3 atom stereocenters. The minimum Gasteiger partial charge on any atom is -0.387 e. The highest BCUT2D eigenvalue weighted by atomic mass is 31.2. The fraction of sp³-hybridized carbons (Fsp3) is 0.844. The Morgan fingerprint density at radius 2 is 1.32 bits per heavy atom. The SMILES string of the molecule is CCCCCCCCCCCCCCC/C=C/CC/C=C/C(O)C(COP(=O)(O)OCC[N+](C)(C)C)NC(=O)CC. The number of aliphatic hydroxyl groups excluding tert-OH is 1. The van der Waals surface area contributed by atoms with Crippen molar-refractivity contribution >= 4 is 13.7 Å². The Morgan fingerprint density at radius 1 is 0.805 bits per heavy atom. The highest BCUT2D eigenvalue weighted by Crippen LogP contribution is 2.43. The molecule has 0 saturated carbocycles. The molecule has 0 saturated heterocycles. The van der Waals surface area contributed by atoms with E-state index in [1.807, 2.05) is 27.2 Å². The topological polar surface area (TPSA) is 105 Å². The predicted molar refractivity (Wildman–Crippen MR) is 171 cm³/mol. The number of rotatable bonds is 28. The van der Waals surface area contributed by atoms with Gasteiger partial charge in [-0.15, -0.1) is 0 Å². The maximum absolute atomic E-state index is 12.2. The highest BCUT2D eigenvalue weighted by Gasteiger charge is 2.27. The normalized spacial score (nSPS) is 15.4. The van der Waals surface area contributed by atoms with E-state index in [1.165, 1.54) is 83.5 Å². The van der Waals surface area contributed by atoms with Crippen LogP contribution in [0.1, 0.15) is 123 Å². The maximum atomic E-state index is 12.2. The van der Waals surface area contributed by atoms with Crippen LogP contribution in [0.15, 0.2) is 24.3 Å².